The van der Waals surface area contributed by atoms with E-state index in [2.05, 4.69) is 15.6 Å². The molecule has 0 aliphatic heterocycles. The van der Waals surface area contributed by atoms with Gasteiger partial charge in [0.2, 0.25) is 5.89 Å². The number of carbonyl (C=O) groups is 3. The lowest BCUT2D eigenvalue weighted by atomic mass is 9.96. The first-order valence-electron chi connectivity index (χ1n) is 9.79. The van der Waals surface area contributed by atoms with Crippen LogP contribution in [0.25, 0.3) is 11.5 Å². The van der Waals surface area contributed by atoms with Crippen LogP contribution in [0, 0.1) is 6.92 Å². The molecule has 0 radical (unpaired) electrons. The number of nitrogens with zero attached hydrogens (tertiary/aromatic N) is 1. The summed E-state index contributed by atoms with van der Waals surface area (Å²) in [6, 6.07) is 8.63. The number of imide groups is 1. The predicted octanol–water partition coefficient (Wildman–Crippen LogP) is 3.35. The summed E-state index contributed by atoms with van der Waals surface area (Å²) in [4.78, 5) is 40.7. The Labute approximate surface area is 169 Å². The first-order valence-corrected chi connectivity index (χ1v) is 9.79. The minimum absolute atomic E-state index is 0.00448. The van der Waals surface area contributed by atoms with Gasteiger partial charge in [0, 0.05) is 11.6 Å². The SMILES string of the molecule is Cc1oc(-c2ccccc2)nc1C(=O)O[C@@H](C)C(=O)NC(=O)NC1CCCCC1. The number of aromatic nitrogens is 1. The van der Waals surface area contributed by atoms with Gasteiger partial charge in [-0.15, -0.1) is 0 Å². The van der Waals surface area contributed by atoms with E-state index in [4.69, 9.17) is 9.15 Å². The van der Waals surface area contributed by atoms with Crippen LogP contribution in [-0.4, -0.2) is 35.0 Å². The quantitative estimate of drug-likeness (QED) is 0.746. The zero-order valence-corrected chi connectivity index (χ0v) is 16.6. The molecule has 1 aliphatic carbocycles. The number of rotatable bonds is 5. The van der Waals surface area contributed by atoms with Crippen molar-refractivity contribution in [3.05, 3.63) is 41.8 Å². The highest BCUT2D eigenvalue weighted by molar-refractivity contribution is 5.98. The van der Waals surface area contributed by atoms with Crippen LogP contribution in [0.3, 0.4) is 0 Å². The smallest absolute Gasteiger partial charge is 0.361 e. The molecule has 2 aromatic rings. The van der Waals surface area contributed by atoms with Crippen molar-refractivity contribution >= 4 is 17.9 Å². The molecule has 1 heterocycles. The number of urea groups is 1. The molecule has 0 bridgehead atoms. The highest BCUT2D eigenvalue weighted by Crippen LogP contribution is 2.22. The zero-order valence-electron chi connectivity index (χ0n) is 16.6. The van der Waals surface area contributed by atoms with E-state index < -0.39 is 24.0 Å². The average molecular weight is 399 g/mol. The second-order valence-electron chi connectivity index (χ2n) is 7.14. The molecule has 0 saturated heterocycles. The molecule has 1 saturated carbocycles. The van der Waals surface area contributed by atoms with Crippen molar-refractivity contribution in [2.45, 2.75) is 58.1 Å². The minimum Gasteiger partial charge on any atom is -0.448 e. The molecule has 1 fully saturated rings. The van der Waals surface area contributed by atoms with Crippen molar-refractivity contribution in [1.29, 1.82) is 0 Å². The molecule has 1 atom stereocenters. The summed E-state index contributed by atoms with van der Waals surface area (Å²) in [7, 11) is 0. The van der Waals surface area contributed by atoms with E-state index in [1.165, 1.54) is 13.3 Å². The molecule has 3 amide bonds. The van der Waals surface area contributed by atoms with Crippen LogP contribution in [-0.2, 0) is 9.53 Å². The lowest BCUT2D eigenvalue weighted by Gasteiger charge is -2.23. The fourth-order valence-electron chi connectivity index (χ4n) is 3.24. The molecule has 154 valence electrons. The Balaban J connectivity index is 1.55. The van der Waals surface area contributed by atoms with Crippen LogP contribution in [0.5, 0.6) is 0 Å². The highest BCUT2D eigenvalue weighted by atomic mass is 16.5. The molecular weight excluding hydrogens is 374 g/mol. The van der Waals surface area contributed by atoms with Gasteiger partial charge in [-0.3, -0.25) is 10.1 Å². The van der Waals surface area contributed by atoms with E-state index in [9.17, 15) is 14.4 Å². The summed E-state index contributed by atoms with van der Waals surface area (Å²) < 4.78 is 10.7. The van der Waals surface area contributed by atoms with Gasteiger partial charge in [-0.2, -0.15) is 0 Å². The number of esters is 1. The van der Waals surface area contributed by atoms with Crippen molar-refractivity contribution in [2.75, 3.05) is 0 Å². The highest BCUT2D eigenvalue weighted by Gasteiger charge is 2.26. The van der Waals surface area contributed by atoms with Gasteiger partial charge in [0.05, 0.1) is 0 Å². The lowest BCUT2D eigenvalue weighted by molar-refractivity contribution is -0.127. The molecule has 8 heteroatoms. The van der Waals surface area contributed by atoms with Gasteiger partial charge in [0.15, 0.2) is 11.8 Å². The van der Waals surface area contributed by atoms with Crippen LogP contribution in [0.2, 0.25) is 0 Å². The molecule has 29 heavy (non-hydrogen) atoms. The van der Waals surface area contributed by atoms with E-state index in [1.54, 1.807) is 19.1 Å². The molecule has 3 rings (SSSR count). The van der Waals surface area contributed by atoms with Crippen LogP contribution >= 0.6 is 0 Å². The predicted molar refractivity (Wildman–Crippen MR) is 105 cm³/mol. The van der Waals surface area contributed by atoms with Gasteiger partial charge in [-0.1, -0.05) is 37.5 Å². The van der Waals surface area contributed by atoms with Crippen molar-refractivity contribution in [3.63, 3.8) is 0 Å². The third-order valence-corrected chi connectivity index (χ3v) is 4.84. The monoisotopic (exact) mass is 399 g/mol. The number of aryl methyl sites for hydroxylation is 1. The molecule has 1 aromatic carbocycles. The van der Waals surface area contributed by atoms with Gasteiger partial charge < -0.3 is 14.5 Å². The summed E-state index contributed by atoms with van der Waals surface area (Å²) in [6.45, 7) is 2.99. The van der Waals surface area contributed by atoms with Crippen LogP contribution in [0.15, 0.2) is 34.7 Å². The van der Waals surface area contributed by atoms with Gasteiger partial charge in [0.1, 0.15) is 5.76 Å². The van der Waals surface area contributed by atoms with E-state index >= 15 is 0 Å². The Morgan fingerprint density at radius 3 is 2.52 bits per heavy atom. The van der Waals surface area contributed by atoms with E-state index in [-0.39, 0.29) is 17.5 Å². The van der Waals surface area contributed by atoms with Crippen molar-refractivity contribution < 1.29 is 23.5 Å². The first kappa shape index (κ1) is 20.6. The molecule has 0 spiro atoms. The summed E-state index contributed by atoms with van der Waals surface area (Å²) in [5.74, 6) is -0.907. The molecule has 8 nitrogen and oxygen atoms in total. The average Bonchev–Trinajstić information content (AvgIpc) is 3.11. The topological polar surface area (TPSA) is 111 Å². The molecule has 0 unspecified atom stereocenters. The maximum Gasteiger partial charge on any atom is 0.361 e. The second-order valence-corrected chi connectivity index (χ2v) is 7.14. The number of hydrogen-bond donors (Lipinski definition) is 2. The number of amides is 3. The zero-order chi connectivity index (χ0) is 20.8. The number of hydrogen-bond acceptors (Lipinski definition) is 6. The van der Waals surface area contributed by atoms with Crippen LogP contribution in [0.1, 0.15) is 55.3 Å². The van der Waals surface area contributed by atoms with Crippen molar-refractivity contribution in [2.24, 2.45) is 0 Å². The number of nitrogens with one attached hydrogen (secondary N) is 2. The Morgan fingerprint density at radius 1 is 1.14 bits per heavy atom. The largest absolute Gasteiger partial charge is 0.448 e. The van der Waals surface area contributed by atoms with Gasteiger partial charge in [-0.25, -0.2) is 14.6 Å². The third-order valence-electron chi connectivity index (χ3n) is 4.84. The summed E-state index contributed by atoms with van der Waals surface area (Å²) in [5.41, 5.74) is 0.718. The Kier molecular flexibility index (Phi) is 6.64. The van der Waals surface area contributed by atoms with Crippen molar-refractivity contribution in [3.8, 4) is 11.5 Å². The molecule has 1 aromatic heterocycles. The summed E-state index contributed by atoms with van der Waals surface area (Å²) in [6.07, 6.45) is 3.95. The standard InChI is InChI=1S/C21H25N3O5/c1-13-17(23-19(28-13)15-9-5-3-6-10-15)20(26)29-14(2)18(25)24-21(27)22-16-11-7-4-8-12-16/h3,5-6,9-10,14,16H,4,7-8,11-12H2,1-2H3,(H2,22,24,25,27)/t14-/m0/s1. The van der Waals surface area contributed by atoms with Gasteiger partial charge in [0.25, 0.3) is 5.91 Å². The first-order chi connectivity index (χ1) is 13.9. The van der Waals surface area contributed by atoms with Crippen LogP contribution in [0.4, 0.5) is 4.79 Å². The number of oxazole rings is 1. The molecule has 1 aliphatic rings. The minimum atomic E-state index is -1.16. The summed E-state index contributed by atoms with van der Waals surface area (Å²) >= 11 is 0. The Bertz CT molecular complexity index is 872. The number of benzene rings is 1. The number of carbonyl (C=O) groups excluding carboxylic acids is 3. The van der Waals surface area contributed by atoms with E-state index in [1.807, 2.05) is 18.2 Å². The third kappa shape index (κ3) is 5.43. The Morgan fingerprint density at radius 2 is 1.83 bits per heavy atom. The Hall–Kier alpha value is -3.16. The maximum atomic E-state index is 12.4. The fourth-order valence-corrected chi connectivity index (χ4v) is 3.24. The fraction of sp³-hybridized carbons (Fsp3) is 0.429. The molecular formula is C21H25N3O5. The van der Waals surface area contributed by atoms with E-state index in [0.29, 0.717) is 5.89 Å². The molecule has 2 N–H and O–H groups in total. The normalized spacial score (nSPS) is 15.4. The van der Waals surface area contributed by atoms with E-state index in [0.717, 1.165) is 31.2 Å². The van der Waals surface area contributed by atoms with Gasteiger partial charge in [-0.05, 0) is 38.8 Å². The lowest BCUT2D eigenvalue weighted by Crippen LogP contribution is -2.48. The van der Waals surface area contributed by atoms with Crippen LogP contribution < -0.4 is 10.6 Å². The second kappa shape index (κ2) is 9.36. The summed E-state index contributed by atoms with van der Waals surface area (Å²) in [5, 5.41) is 5.00. The van der Waals surface area contributed by atoms with Crippen molar-refractivity contribution in [1.82, 2.24) is 15.6 Å². The number of ether oxygens (including phenoxy) is 1. The maximum absolute atomic E-state index is 12.4. The van der Waals surface area contributed by atoms with Gasteiger partial charge >= 0.3 is 12.0 Å².